The van der Waals surface area contributed by atoms with Crippen molar-refractivity contribution < 1.29 is 9.13 Å². The van der Waals surface area contributed by atoms with Gasteiger partial charge in [-0.15, -0.1) is 0 Å². The second-order valence-electron chi connectivity index (χ2n) is 3.87. The van der Waals surface area contributed by atoms with E-state index in [1.807, 2.05) is 0 Å². The summed E-state index contributed by atoms with van der Waals surface area (Å²) in [6, 6.07) is 6.37. The van der Waals surface area contributed by atoms with Gasteiger partial charge in [0.05, 0.1) is 7.11 Å². The highest BCUT2D eigenvalue weighted by molar-refractivity contribution is 6.28. The highest BCUT2D eigenvalue weighted by Gasteiger charge is 2.10. The lowest BCUT2D eigenvalue weighted by Gasteiger charge is -2.17. The van der Waals surface area contributed by atoms with Crippen LogP contribution in [0.5, 0.6) is 6.01 Å². The van der Waals surface area contributed by atoms with Gasteiger partial charge in [0, 0.05) is 13.6 Å². The molecule has 0 bridgehead atoms. The number of ether oxygens (including phenoxy) is 1. The van der Waals surface area contributed by atoms with Crippen LogP contribution in [0.1, 0.15) is 5.56 Å². The molecule has 0 saturated heterocycles. The first-order valence-corrected chi connectivity index (χ1v) is 5.87. The lowest BCUT2D eigenvalue weighted by Crippen LogP contribution is -2.19. The summed E-state index contributed by atoms with van der Waals surface area (Å²) in [5, 5.41) is 0.0628. The Balaban J connectivity index is 2.17. The molecule has 100 valence electrons. The number of methoxy groups -OCH3 is 1. The summed E-state index contributed by atoms with van der Waals surface area (Å²) in [4.78, 5) is 13.7. The molecule has 2 rings (SSSR count). The fraction of sp³-hybridized carbons (Fsp3) is 0.250. The molecule has 0 saturated carbocycles. The molecule has 7 heteroatoms. The number of aromatic nitrogens is 3. The fourth-order valence-corrected chi connectivity index (χ4v) is 1.67. The van der Waals surface area contributed by atoms with Crippen LogP contribution in [0.2, 0.25) is 5.28 Å². The lowest BCUT2D eigenvalue weighted by molar-refractivity contribution is 0.378. The number of hydrogen-bond donors (Lipinski definition) is 0. The molecule has 0 unspecified atom stereocenters. The Morgan fingerprint density at radius 1 is 1.21 bits per heavy atom. The Labute approximate surface area is 115 Å². The Kier molecular flexibility index (Phi) is 4.11. The minimum absolute atomic E-state index is 0.0628. The fourth-order valence-electron chi connectivity index (χ4n) is 1.52. The lowest BCUT2D eigenvalue weighted by atomic mass is 10.2. The van der Waals surface area contributed by atoms with E-state index < -0.39 is 0 Å². The quantitative estimate of drug-likeness (QED) is 0.861. The number of halogens is 2. The van der Waals surface area contributed by atoms with Crippen LogP contribution < -0.4 is 9.64 Å². The van der Waals surface area contributed by atoms with Crippen LogP contribution in [-0.4, -0.2) is 29.1 Å². The van der Waals surface area contributed by atoms with Crippen molar-refractivity contribution in [2.45, 2.75) is 6.54 Å². The van der Waals surface area contributed by atoms with Crippen molar-refractivity contribution in [2.75, 3.05) is 19.1 Å². The van der Waals surface area contributed by atoms with E-state index in [4.69, 9.17) is 16.3 Å². The summed E-state index contributed by atoms with van der Waals surface area (Å²) in [6.07, 6.45) is 0. The van der Waals surface area contributed by atoms with Gasteiger partial charge in [-0.05, 0) is 29.3 Å². The van der Waals surface area contributed by atoms with Crippen molar-refractivity contribution in [3.8, 4) is 6.01 Å². The smallest absolute Gasteiger partial charge is 0.322 e. The van der Waals surface area contributed by atoms with E-state index in [0.717, 1.165) is 5.56 Å². The molecular formula is C12H12ClFN4O. The zero-order valence-corrected chi connectivity index (χ0v) is 11.2. The monoisotopic (exact) mass is 282 g/mol. The van der Waals surface area contributed by atoms with Gasteiger partial charge in [-0.3, -0.25) is 0 Å². The van der Waals surface area contributed by atoms with Crippen LogP contribution in [0, 0.1) is 5.82 Å². The number of rotatable bonds is 4. The first kappa shape index (κ1) is 13.5. The molecule has 0 aliphatic heterocycles. The van der Waals surface area contributed by atoms with Crippen molar-refractivity contribution in [3.05, 3.63) is 40.9 Å². The van der Waals surface area contributed by atoms with Crippen LogP contribution in [0.4, 0.5) is 10.3 Å². The van der Waals surface area contributed by atoms with Crippen LogP contribution in [-0.2, 0) is 6.54 Å². The van der Waals surface area contributed by atoms with E-state index in [-0.39, 0.29) is 17.1 Å². The van der Waals surface area contributed by atoms with Gasteiger partial charge in [-0.25, -0.2) is 4.39 Å². The molecule has 2 aromatic rings. The molecule has 1 heterocycles. The second-order valence-corrected chi connectivity index (χ2v) is 4.21. The first-order valence-electron chi connectivity index (χ1n) is 5.49. The van der Waals surface area contributed by atoms with Crippen molar-refractivity contribution in [1.82, 2.24) is 15.0 Å². The molecule has 19 heavy (non-hydrogen) atoms. The average Bonchev–Trinajstić information content (AvgIpc) is 2.40. The zero-order valence-electron chi connectivity index (χ0n) is 10.5. The summed E-state index contributed by atoms with van der Waals surface area (Å²) >= 11 is 5.78. The SMILES string of the molecule is COc1nc(Cl)nc(N(C)Cc2ccc(F)cc2)n1. The van der Waals surface area contributed by atoms with Crippen LogP contribution in [0.3, 0.4) is 0 Å². The normalized spacial score (nSPS) is 10.3. The molecule has 1 aromatic heterocycles. The summed E-state index contributed by atoms with van der Waals surface area (Å²) in [5.74, 6) is 0.123. The van der Waals surface area contributed by atoms with Gasteiger partial charge >= 0.3 is 6.01 Å². The molecule has 0 spiro atoms. The van der Waals surface area contributed by atoms with E-state index in [9.17, 15) is 4.39 Å². The molecule has 0 aliphatic rings. The van der Waals surface area contributed by atoms with Gasteiger partial charge in [-0.1, -0.05) is 12.1 Å². The zero-order chi connectivity index (χ0) is 13.8. The number of hydrogen-bond acceptors (Lipinski definition) is 5. The molecular weight excluding hydrogens is 271 g/mol. The van der Waals surface area contributed by atoms with E-state index in [1.165, 1.54) is 19.2 Å². The second kappa shape index (κ2) is 5.79. The molecule has 0 aliphatic carbocycles. The third kappa shape index (κ3) is 3.51. The van der Waals surface area contributed by atoms with E-state index in [2.05, 4.69) is 15.0 Å². The maximum absolute atomic E-state index is 12.8. The molecule has 0 N–H and O–H groups in total. The number of anilines is 1. The third-order valence-corrected chi connectivity index (χ3v) is 2.60. The van der Waals surface area contributed by atoms with Gasteiger partial charge in [0.1, 0.15) is 5.82 Å². The highest BCUT2D eigenvalue weighted by Crippen LogP contribution is 2.16. The van der Waals surface area contributed by atoms with Crippen LogP contribution >= 0.6 is 11.6 Å². The summed E-state index contributed by atoms with van der Waals surface area (Å²) in [5.41, 5.74) is 0.930. The standard InChI is InChI=1S/C12H12ClFN4O/c1-18(7-8-3-5-9(14)6-4-8)11-15-10(13)16-12(17-11)19-2/h3-6H,7H2,1-2H3. The average molecular weight is 283 g/mol. The van der Waals surface area contributed by atoms with Gasteiger partial charge in [0.25, 0.3) is 0 Å². The highest BCUT2D eigenvalue weighted by atomic mass is 35.5. The van der Waals surface area contributed by atoms with Gasteiger partial charge in [0.2, 0.25) is 11.2 Å². The van der Waals surface area contributed by atoms with Crippen LogP contribution in [0.15, 0.2) is 24.3 Å². The molecule has 5 nitrogen and oxygen atoms in total. The van der Waals surface area contributed by atoms with Crippen molar-refractivity contribution in [3.63, 3.8) is 0 Å². The topological polar surface area (TPSA) is 51.1 Å². The summed E-state index contributed by atoms with van der Waals surface area (Å²) < 4.78 is 17.7. The van der Waals surface area contributed by atoms with Crippen LogP contribution in [0.25, 0.3) is 0 Å². The largest absolute Gasteiger partial charge is 0.467 e. The Morgan fingerprint density at radius 3 is 2.53 bits per heavy atom. The molecule has 0 radical (unpaired) electrons. The Hall–Kier alpha value is -1.95. The summed E-state index contributed by atoms with van der Waals surface area (Å²) in [7, 11) is 3.25. The first-order chi connectivity index (χ1) is 9.08. The predicted molar refractivity (Wildman–Crippen MR) is 69.9 cm³/mol. The predicted octanol–water partition coefficient (Wildman–Crippen LogP) is 2.31. The van der Waals surface area contributed by atoms with E-state index in [0.29, 0.717) is 12.5 Å². The molecule has 0 atom stereocenters. The Bertz CT molecular complexity index is 564. The van der Waals surface area contributed by atoms with E-state index in [1.54, 1.807) is 24.1 Å². The maximum atomic E-state index is 12.8. The van der Waals surface area contributed by atoms with Crippen molar-refractivity contribution in [1.29, 1.82) is 0 Å². The minimum atomic E-state index is -0.267. The third-order valence-electron chi connectivity index (χ3n) is 2.43. The van der Waals surface area contributed by atoms with Gasteiger partial charge in [0.15, 0.2) is 0 Å². The van der Waals surface area contributed by atoms with Crippen molar-refractivity contribution in [2.24, 2.45) is 0 Å². The maximum Gasteiger partial charge on any atom is 0.322 e. The number of benzene rings is 1. The Morgan fingerprint density at radius 2 is 1.89 bits per heavy atom. The molecule has 1 aromatic carbocycles. The van der Waals surface area contributed by atoms with Crippen molar-refractivity contribution >= 4 is 17.5 Å². The van der Waals surface area contributed by atoms with E-state index >= 15 is 0 Å². The summed E-state index contributed by atoms with van der Waals surface area (Å²) in [6.45, 7) is 0.518. The number of nitrogens with zero attached hydrogens (tertiary/aromatic N) is 4. The van der Waals surface area contributed by atoms with Gasteiger partial charge < -0.3 is 9.64 Å². The molecule has 0 fully saturated rings. The minimum Gasteiger partial charge on any atom is -0.467 e. The molecule has 0 amide bonds. The van der Waals surface area contributed by atoms with Gasteiger partial charge in [-0.2, -0.15) is 15.0 Å².